The van der Waals surface area contributed by atoms with Crippen LogP contribution in [0, 0.1) is 0 Å². The van der Waals surface area contributed by atoms with Crippen molar-refractivity contribution in [1.29, 1.82) is 0 Å². The van der Waals surface area contributed by atoms with Crippen LogP contribution in [-0.4, -0.2) is 94.0 Å². The Morgan fingerprint density at radius 3 is 0.547 bits per heavy atom. The molecule has 0 unspecified atom stereocenters. The number of carbonyl (C=O) groups is 4. The molecule has 0 bridgehead atoms. The van der Waals surface area contributed by atoms with E-state index in [0.717, 1.165) is 138 Å². The van der Waals surface area contributed by atoms with Crippen molar-refractivity contribution in [2.24, 2.45) is 0 Å². The molecule has 53 heavy (non-hydrogen) atoms. The van der Waals surface area contributed by atoms with Gasteiger partial charge in [-0.1, -0.05) is 0 Å². The van der Waals surface area contributed by atoms with Gasteiger partial charge in [-0.15, -0.1) is 0 Å². The Morgan fingerprint density at radius 2 is 0.453 bits per heavy atom. The van der Waals surface area contributed by atoms with Crippen molar-refractivity contribution in [1.82, 2.24) is 0 Å². The summed E-state index contributed by atoms with van der Waals surface area (Å²) in [6.45, 7) is 24.3. The van der Waals surface area contributed by atoms with Gasteiger partial charge in [0.1, 0.15) is 0 Å². The Hall–Kier alpha value is 1.29. The normalized spacial score (nSPS) is 12.8. The average Bonchev–Trinajstić information content (AvgIpc) is 3.09. The van der Waals surface area contributed by atoms with Gasteiger partial charge in [0, 0.05) is 0 Å². The summed E-state index contributed by atoms with van der Waals surface area (Å²) in [4.78, 5) is 56.7. The van der Waals surface area contributed by atoms with Gasteiger partial charge < -0.3 is 0 Å². The monoisotopic (exact) mass is 1200 g/mol. The summed E-state index contributed by atoms with van der Waals surface area (Å²) in [5.41, 5.74) is 0. The zero-order valence-electron chi connectivity index (χ0n) is 36.7. The fraction of sp³-hybridized carbons (Fsp3) is 0.900. The summed E-state index contributed by atoms with van der Waals surface area (Å²) in [6.07, 6.45) is 15.3. The predicted molar refractivity (Wildman–Crippen MR) is 234 cm³/mol. The van der Waals surface area contributed by atoms with Crippen molar-refractivity contribution in [3.05, 3.63) is 0 Å². The molecule has 0 rings (SSSR count). The Labute approximate surface area is 342 Å². The first kappa shape index (κ1) is 54.3. The first-order valence-corrected chi connectivity index (χ1v) is 61.9. The van der Waals surface area contributed by atoms with Gasteiger partial charge >= 0.3 is 347 Å². The summed E-state index contributed by atoms with van der Waals surface area (Å²) >= 11 is -18.4. The van der Waals surface area contributed by atoms with Crippen LogP contribution in [-0.2, 0) is 31.5 Å². The standard InChI is InChI=1S/8C4H9.4C2H4O2.Si.4Sn/c8*1-3-4-2;4*1-2(3)4;;;;;/h8*1,3-4H2,2H3;4*1H3,(H,3,4);;;;;/q;;;;;;;;;;;;;4*+1/p-4. The van der Waals surface area contributed by atoms with Crippen molar-refractivity contribution in [2.45, 2.75) is 221 Å². The molecule has 0 aliphatic carbocycles. The Kier molecular flexibility index (Phi) is 29.4. The number of carbonyl (C=O) groups excluding carboxylic acids is 4. The summed E-state index contributed by atoms with van der Waals surface area (Å²) in [6, 6.07) is 0. The van der Waals surface area contributed by atoms with Crippen molar-refractivity contribution in [3.8, 4) is 0 Å². The number of hydrogen-bond donors (Lipinski definition) is 0. The fourth-order valence-electron chi connectivity index (χ4n) is 10.0. The zero-order valence-corrected chi connectivity index (χ0v) is 49.2. The Balaban J connectivity index is 10.3. The molecular weight excluding hydrogens is 1110 g/mol. The number of unbranched alkanes of at least 4 members (excludes halogenated alkanes) is 8. The molecule has 0 aliphatic rings. The first-order valence-electron chi connectivity index (χ1n) is 21.9. The second kappa shape index (κ2) is 28.7. The van der Waals surface area contributed by atoms with E-state index in [1.807, 2.05) is 0 Å². The molecule has 0 atom stereocenters. The third-order valence-corrected chi connectivity index (χ3v) is 428. The van der Waals surface area contributed by atoms with E-state index in [9.17, 15) is 19.2 Å². The van der Waals surface area contributed by atoms with Crippen LogP contribution in [0.3, 0.4) is 0 Å². The van der Waals surface area contributed by atoms with Gasteiger partial charge in [-0.2, -0.15) is 0 Å². The molecule has 0 amide bonds. The van der Waals surface area contributed by atoms with E-state index in [4.69, 9.17) is 12.3 Å². The van der Waals surface area contributed by atoms with Crippen molar-refractivity contribution in [2.75, 3.05) is 0 Å². The summed E-state index contributed by atoms with van der Waals surface area (Å²) in [5, 5.41) is 0. The first-order chi connectivity index (χ1) is 25.2. The van der Waals surface area contributed by atoms with E-state index in [2.05, 4.69) is 55.4 Å². The molecule has 0 fully saturated rings. The third kappa shape index (κ3) is 14.8. The molecule has 13 heteroatoms. The molecular formula is C40H84O8SiSn4. The SMILES string of the molecule is CCC[CH2][Sn]([CH2]CCC)([O]C(C)=O)[Si]([Sn]([CH2]CCC)([CH2]CCC)[O]C(C)=O)([Sn]([CH2]CCC)([CH2]CCC)[O]C(C)=O)[Sn]([CH2]CCC)([CH2]CCC)[O]C(C)=O. The summed E-state index contributed by atoms with van der Waals surface area (Å²) < 4.78 is 33.9. The van der Waals surface area contributed by atoms with Gasteiger partial charge in [0.2, 0.25) is 0 Å². The number of rotatable bonds is 32. The van der Waals surface area contributed by atoms with Crippen LogP contribution in [0.15, 0.2) is 0 Å². The molecule has 0 heterocycles. The molecule has 0 aromatic heterocycles. The van der Waals surface area contributed by atoms with Crippen molar-refractivity contribution < 1.29 is 31.5 Å². The Bertz CT molecular complexity index is 878. The van der Waals surface area contributed by atoms with Crippen molar-refractivity contribution in [3.63, 3.8) is 0 Å². The molecule has 0 aromatic rings. The van der Waals surface area contributed by atoms with Crippen molar-refractivity contribution >= 4 is 94.0 Å². The van der Waals surface area contributed by atoms with Crippen LogP contribution in [0.2, 0.25) is 35.5 Å². The minimum atomic E-state index is -4.59. The van der Waals surface area contributed by atoms with Crippen LogP contribution in [0.5, 0.6) is 0 Å². The molecule has 0 N–H and O–H groups in total. The molecule has 0 radical (unpaired) electrons. The van der Waals surface area contributed by atoms with E-state index in [0.29, 0.717) is 0 Å². The molecule has 0 saturated heterocycles. The maximum atomic E-state index is 14.2. The van der Waals surface area contributed by atoms with E-state index >= 15 is 0 Å². The van der Waals surface area contributed by atoms with Gasteiger partial charge in [-0.3, -0.25) is 0 Å². The van der Waals surface area contributed by atoms with Gasteiger partial charge in [0.25, 0.3) is 0 Å². The number of hydrogen-bond acceptors (Lipinski definition) is 8. The van der Waals surface area contributed by atoms with E-state index < -0.39 is 70.1 Å². The second-order valence-electron chi connectivity index (χ2n) is 15.9. The molecule has 0 spiro atoms. The maximum absolute atomic E-state index is 14.2. The van der Waals surface area contributed by atoms with Crippen LogP contribution in [0.4, 0.5) is 0 Å². The molecule has 0 aliphatic heterocycles. The zero-order chi connectivity index (χ0) is 40.6. The van der Waals surface area contributed by atoms with Gasteiger partial charge in [-0.25, -0.2) is 0 Å². The van der Waals surface area contributed by atoms with Crippen LogP contribution < -0.4 is 0 Å². The average molecular weight is 1200 g/mol. The summed E-state index contributed by atoms with van der Waals surface area (Å²) in [5.74, 6) is -0.826. The predicted octanol–water partition coefficient (Wildman–Crippen LogP) is 12.2. The molecule has 0 saturated carbocycles. The van der Waals surface area contributed by atoms with Crippen LogP contribution >= 0.6 is 0 Å². The Morgan fingerprint density at radius 1 is 0.321 bits per heavy atom. The summed E-state index contributed by atoms with van der Waals surface area (Å²) in [7, 11) is 0. The third-order valence-electron chi connectivity index (χ3n) is 11.6. The quantitative estimate of drug-likeness (QED) is 0.0614. The van der Waals surface area contributed by atoms with Gasteiger partial charge in [0.15, 0.2) is 0 Å². The molecule has 8 nitrogen and oxygen atoms in total. The van der Waals surface area contributed by atoms with Crippen LogP contribution in [0.1, 0.15) is 186 Å². The minimum absolute atomic E-state index is 0.207. The second-order valence-corrected chi connectivity index (χ2v) is 177. The van der Waals surface area contributed by atoms with E-state index in [1.165, 1.54) is 0 Å². The van der Waals surface area contributed by atoms with E-state index in [1.54, 1.807) is 27.7 Å². The topological polar surface area (TPSA) is 105 Å². The molecule has 0 aromatic carbocycles. The van der Waals surface area contributed by atoms with E-state index in [-0.39, 0.29) is 23.9 Å². The molecule has 312 valence electrons. The fourth-order valence-corrected chi connectivity index (χ4v) is 632. The van der Waals surface area contributed by atoms with Gasteiger partial charge in [0.05, 0.1) is 0 Å². The van der Waals surface area contributed by atoms with Gasteiger partial charge in [-0.05, 0) is 0 Å². The van der Waals surface area contributed by atoms with Crippen LogP contribution in [0.25, 0.3) is 0 Å².